The van der Waals surface area contributed by atoms with Gasteiger partial charge in [0.15, 0.2) is 4.77 Å². The average Bonchev–Trinajstić information content (AvgIpc) is 3.06. The van der Waals surface area contributed by atoms with Gasteiger partial charge in [-0.3, -0.25) is 0 Å². The van der Waals surface area contributed by atoms with Gasteiger partial charge < -0.3 is 14.3 Å². The molecule has 3 rings (SSSR count). The van der Waals surface area contributed by atoms with Gasteiger partial charge in [-0.15, -0.1) is 0 Å². The van der Waals surface area contributed by atoms with Crippen molar-refractivity contribution in [2.24, 2.45) is 0 Å². The highest BCUT2D eigenvalue weighted by atomic mass is 32.1. The van der Waals surface area contributed by atoms with Crippen LogP contribution in [0.1, 0.15) is 24.0 Å². The van der Waals surface area contributed by atoms with Gasteiger partial charge in [0, 0.05) is 6.61 Å². The Hall–Kier alpha value is -2.15. The van der Waals surface area contributed by atoms with E-state index in [1.165, 1.54) is 0 Å². The summed E-state index contributed by atoms with van der Waals surface area (Å²) in [7, 11) is 0. The summed E-state index contributed by atoms with van der Waals surface area (Å²) in [5.74, 6) is 0. The van der Waals surface area contributed by atoms with Crippen molar-refractivity contribution in [3.05, 3.63) is 28.0 Å². The Bertz CT molecular complexity index is 799. The number of H-pyrrole nitrogens is 1. The van der Waals surface area contributed by atoms with E-state index in [-0.39, 0.29) is 6.10 Å². The van der Waals surface area contributed by atoms with E-state index in [1.807, 2.05) is 10.6 Å². The molecule has 5 nitrogen and oxygen atoms in total. The fourth-order valence-corrected chi connectivity index (χ4v) is 2.84. The van der Waals surface area contributed by atoms with Crippen LogP contribution in [0.2, 0.25) is 0 Å². The molecule has 1 aromatic heterocycles. The number of benzene rings is 1. The molecule has 1 aromatic carbocycles. The quantitative estimate of drug-likeness (QED) is 0.860. The summed E-state index contributed by atoms with van der Waals surface area (Å²) in [5, 5.41) is 18.2. The van der Waals surface area contributed by atoms with Gasteiger partial charge in [-0.2, -0.15) is 10.5 Å². The molecule has 0 amide bonds. The smallest absolute Gasteiger partial charge is 0.178 e. The summed E-state index contributed by atoms with van der Waals surface area (Å²) in [6, 6.07) is 7.48. The molecule has 6 heteroatoms. The number of rotatable bonds is 2. The van der Waals surface area contributed by atoms with Gasteiger partial charge in [-0.25, -0.2) is 0 Å². The molecule has 0 spiro atoms. The molecule has 0 aliphatic carbocycles. The Balaban J connectivity index is 2.12. The highest BCUT2D eigenvalue weighted by Gasteiger charge is 2.18. The van der Waals surface area contributed by atoms with E-state index in [9.17, 15) is 0 Å². The average molecular weight is 284 g/mol. The van der Waals surface area contributed by atoms with Crippen molar-refractivity contribution >= 4 is 23.3 Å². The van der Waals surface area contributed by atoms with E-state index in [0.29, 0.717) is 22.4 Å². The minimum absolute atomic E-state index is 0.168. The first kappa shape index (κ1) is 12.9. The van der Waals surface area contributed by atoms with Crippen molar-refractivity contribution in [3.8, 4) is 12.1 Å². The number of hydrogen-bond donors (Lipinski definition) is 1. The topological polar surface area (TPSA) is 77.5 Å². The number of nitrogens with one attached hydrogen (secondary N) is 1. The number of imidazole rings is 1. The molecular formula is C14H12N4OS. The monoisotopic (exact) mass is 284 g/mol. The number of nitrogens with zero attached hydrogens (tertiary/aromatic N) is 3. The molecule has 1 N–H and O–H groups in total. The SMILES string of the molecule is N#Cc1cc2[nH]c(=S)n(C[C@H]3CCCO3)c2cc1C#N. The molecule has 100 valence electrons. The van der Waals surface area contributed by atoms with Crippen molar-refractivity contribution < 1.29 is 4.74 Å². The van der Waals surface area contributed by atoms with Gasteiger partial charge in [-0.1, -0.05) is 0 Å². The fourth-order valence-electron chi connectivity index (χ4n) is 2.56. The maximum absolute atomic E-state index is 9.12. The fraction of sp³-hybridized carbons (Fsp3) is 0.357. The lowest BCUT2D eigenvalue weighted by atomic mass is 10.1. The summed E-state index contributed by atoms with van der Waals surface area (Å²) < 4.78 is 8.17. The summed E-state index contributed by atoms with van der Waals surface area (Å²) in [4.78, 5) is 3.09. The highest BCUT2D eigenvalue weighted by molar-refractivity contribution is 7.71. The highest BCUT2D eigenvalue weighted by Crippen LogP contribution is 2.22. The lowest BCUT2D eigenvalue weighted by Crippen LogP contribution is -2.14. The minimum atomic E-state index is 0.168. The third kappa shape index (κ3) is 2.09. The van der Waals surface area contributed by atoms with Crippen molar-refractivity contribution in [3.63, 3.8) is 0 Å². The summed E-state index contributed by atoms with van der Waals surface area (Å²) in [6.07, 6.45) is 2.26. The maximum atomic E-state index is 9.12. The first-order chi connectivity index (χ1) is 9.72. The molecule has 2 aromatic rings. The van der Waals surface area contributed by atoms with E-state index < -0.39 is 0 Å². The Kier molecular flexibility index (Phi) is 3.27. The van der Waals surface area contributed by atoms with Crippen LogP contribution in [-0.4, -0.2) is 22.3 Å². The van der Waals surface area contributed by atoms with Crippen LogP contribution < -0.4 is 0 Å². The molecule has 1 fully saturated rings. The Labute approximate surface area is 121 Å². The molecule has 0 radical (unpaired) electrons. The van der Waals surface area contributed by atoms with Crippen molar-refractivity contribution in [1.29, 1.82) is 10.5 Å². The molecule has 1 saturated heterocycles. The molecule has 0 unspecified atom stereocenters. The third-order valence-corrected chi connectivity index (χ3v) is 3.89. The van der Waals surface area contributed by atoms with Gasteiger partial charge in [0.25, 0.3) is 0 Å². The normalized spacial score (nSPS) is 18.0. The first-order valence-corrected chi connectivity index (χ1v) is 6.82. The van der Waals surface area contributed by atoms with Crippen molar-refractivity contribution in [2.45, 2.75) is 25.5 Å². The molecular weight excluding hydrogens is 272 g/mol. The van der Waals surface area contributed by atoms with Crippen LogP contribution in [0, 0.1) is 27.4 Å². The van der Waals surface area contributed by atoms with Crippen LogP contribution in [0.15, 0.2) is 12.1 Å². The van der Waals surface area contributed by atoms with Crippen LogP contribution in [0.25, 0.3) is 11.0 Å². The van der Waals surface area contributed by atoms with Gasteiger partial charge in [0.2, 0.25) is 0 Å². The molecule has 0 bridgehead atoms. The predicted molar refractivity (Wildman–Crippen MR) is 75.5 cm³/mol. The van der Waals surface area contributed by atoms with Crippen molar-refractivity contribution in [1.82, 2.24) is 9.55 Å². The molecule has 1 aliphatic heterocycles. The minimum Gasteiger partial charge on any atom is -0.376 e. The van der Waals surface area contributed by atoms with Gasteiger partial charge in [0.05, 0.1) is 34.8 Å². The Morgan fingerprint density at radius 2 is 2.10 bits per heavy atom. The molecule has 1 aliphatic rings. The van der Waals surface area contributed by atoms with Gasteiger partial charge in [0.1, 0.15) is 12.1 Å². The van der Waals surface area contributed by atoms with Crippen LogP contribution in [-0.2, 0) is 11.3 Å². The van der Waals surface area contributed by atoms with Crippen LogP contribution >= 0.6 is 12.2 Å². The lowest BCUT2D eigenvalue weighted by molar-refractivity contribution is 0.0976. The summed E-state index contributed by atoms with van der Waals surface area (Å²) in [5.41, 5.74) is 2.36. The number of ether oxygens (including phenoxy) is 1. The van der Waals surface area contributed by atoms with E-state index in [4.69, 9.17) is 27.5 Å². The van der Waals surface area contributed by atoms with Crippen LogP contribution in [0.5, 0.6) is 0 Å². The molecule has 2 heterocycles. The standard InChI is InChI=1S/C14H12N4OS/c15-6-9-4-12-13(5-10(9)7-16)18(14(20)17-12)8-11-2-1-3-19-11/h4-5,11H,1-3,8H2,(H,17,20)/t11-/m1/s1. The van der Waals surface area contributed by atoms with Crippen molar-refractivity contribution in [2.75, 3.05) is 6.61 Å². The maximum Gasteiger partial charge on any atom is 0.178 e. The number of aromatic nitrogens is 2. The molecule has 20 heavy (non-hydrogen) atoms. The third-order valence-electron chi connectivity index (χ3n) is 3.56. The van der Waals surface area contributed by atoms with E-state index >= 15 is 0 Å². The number of aromatic amines is 1. The first-order valence-electron chi connectivity index (χ1n) is 6.41. The van der Waals surface area contributed by atoms with E-state index in [2.05, 4.69) is 11.1 Å². The van der Waals surface area contributed by atoms with Gasteiger partial charge >= 0.3 is 0 Å². The summed E-state index contributed by atoms with van der Waals surface area (Å²) >= 11 is 5.33. The second-order valence-corrected chi connectivity index (χ2v) is 5.20. The number of hydrogen-bond acceptors (Lipinski definition) is 4. The summed E-state index contributed by atoms with van der Waals surface area (Å²) in [6.45, 7) is 1.47. The van der Waals surface area contributed by atoms with Crippen LogP contribution in [0.3, 0.4) is 0 Å². The molecule has 0 saturated carbocycles. The largest absolute Gasteiger partial charge is 0.376 e. The lowest BCUT2D eigenvalue weighted by Gasteiger charge is -2.11. The molecule has 1 atom stereocenters. The Morgan fingerprint density at radius 3 is 2.75 bits per heavy atom. The zero-order chi connectivity index (χ0) is 14.1. The zero-order valence-electron chi connectivity index (χ0n) is 10.7. The van der Waals surface area contributed by atoms with E-state index in [1.54, 1.807) is 12.1 Å². The second-order valence-electron chi connectivity index (χ2n) is 4.81. The Morgan fingerprint density at radius 1 is 1.35 bits per heavy atom. The number of fused-ring (bicyclic) bond motifs is 1. The predicted octanol–water partition coefficient (Wildman–Crippen LogP) is 2.62. The van der Waals surface area contributed by atoms with E-state index in [0.717, 1.165) is 30.5 Å². The number of nitriles is 2. The van der Waals surface area contributed by atoms with Crippen LogP contribution in [0.4, 0.5) is 0 Å². The van der Waals surface area contributed by atoms with Gasteiger partial charge in [-0.05, 0) is 37.2 Å². The second kappa shape index (κ2) is 5.09. The zero-order valence-corrected chi connectivity index (χ0v) is 11.5.